The maximum Gasteiger partial charge on any atom is 0.00925 e. The molecule has 0 saturated heterocycles. The lowest BCUT2D eigenvalue weighted by molar-refractivity contribution is 0.118. The number of hydrogen-bond donors (Lipinski definition) is 1. The van der Waals surface area contributed by atoms with Gasteiger partial charge in [-0.2, -0.15) is 0 Å². The van der Waals surface area contributed by atoms with Crippen LogP contribution in [0.5, 0.6) is 0 Å². The van der Waals surface area contributed by atoms with Gasteiger partial charge >= 0.3 is 0 Å². The molecule has 0 aromatic rings. The fourth-order valence-corrected chi connectivity index (χ4v) is 3.93. The van der Waals surface area contributed by atoms with Gasteiger partial charge in [-0.3, -0.25) is 0 Å². The van der Waals surface area contributed by atoms with Crippen LogP contribution < -0.4 is 5.73 Å². The molecule has 3 unspecified atom stereocenters. The fourth-order valence-electron chi connectivity index (χ4n) is 3.93. The summed E-state index contributed by atoms with van der Waals surface area (Å²) in [5.41, 5.74) is 6.31. The van der Waals surface area contributed by atoms with Gasteiger partial charge in [0, 0.05) is 18.6 Å². The summed E-state index contributed by atoms with van der Waals surface area (Å²) in [6, 6.07) is 1.27. The van der Waals surface area contributed by atoms with Crippen molar-refractivity contribution in [2.24, 2.45) is 23.5 Å². The van der Waals surface area contributed by atoms with Crippen LogP contribution >= 0.6 is 0 Å². The second kappa shape index (κ2) is 6.38. The van der Waals surface area contributed by atoms with E-state index in [0.29, 0.717) is 6.04 Å². The van der Waals surface area contributed by atoms with Crippen LogP contribution in [-0.2, 0) is 0 Å². The average Bonchev–Trinajstić information content (AvgIpc) is 2.34. The van der Waals surface area contributed by atoms with Gasteiger partial charge in [-0.15, -0.1) is 0 Å². The Kier molecular flexibility index (Phi) is 5.08. The molecular weight excluding hydrogens is 220 g/mol. The zero-order valence-corrected chi connectivity index (χ0v) is 12.6. The van der Waals surface area contributed by atoms with E-state index in [1.165, 1.54) is 51.5 Å². The van der Waals surface area contributed by atoms with Crippen molar-refractivity contribution in [3.8, 4) is 0 Å². The van der Waals surface area contributed by atoms with Crippen LogP contribution in [-0.4, -0.2) is 30.6 Å². The quantitative estimate of drug-likeness (QED) is 0.835. The lowest BCUT2D eigenvalue weighted by Crippen LogP contribution is -2.45. The fraction of sp³-hybridized carbons (Fsp3) is 1.00. The van der Waals surface area contributed by atoms with Crippen LogP contribution in [0, 0.1) is 17.8 Å². The normalized spacial score (nSPS) is 42.2. The number of rotatable bonds is 3. The molecule has 2 nitrogen and oxygen atoms in total. The summed E-state index contributed by atoms with van der Waals surface area (Å²) in [5.74, 6) is 2.57. The molecule has 2 aliphatic rings. The Hall–Kier alpha value is -0.0800. The molecule has 0 aromatic carbocycles. The Morgan fingerprint density at radius 2 is 1.56 bits per heavy atom. The van der Waals surface area contributed by atoms with E-state index in [0.717, 1.165) is 23.8 Å². The van der Waals surface area contributed by atoms with E-state index >= 15 is 0 Å². The van der Waals surface area contributed by atoms with E-state index in [-0.39, 0.29) is 0 Å². The molecule has 0 bridgehead atoms. The first-order valence-corrected chi connectivity index (χ1v) is 8.02. The molecule has 0 heterocycles. The average molecular weight is 252 g/mol. The zero-order valence-electron chi connectivity index (χ0n) is 12.6. The predicted molar refractivity (Wildman–Crippen MR) is 78.5 cm³/mol. The molecule has 2 rings (SSSR count). The summed E-state index contributed by atoms with van der Waals surface area (Å²) in [6.45, 7) is 6.01. The van der Waals surface area contributed by atoms with Gasteiger partial charge in [-0.1, -0.05) is 13.8 Å². The van der Waals surface area contributed by atoms with E-state index in [1.807, 2.05) is 0 Å². The van der Waals surface area contributed by atoms with Gasteiger partial charge < -0.3 is 10.6 Å². The maximum atomic E-state index is 6.31. The lowest BCUT2D eigenvalue weighted by Gasteiger charge is -2.39. The van der Waals surface area contributed by atoms with Crippen molar-refractivity contribution in [1.82, 2.24) is 4.90 Å². The highest BCUT2D eigenvalue weighted by Crippen LogP contribution is 2.31. The standard InChI is InChI=1S/C16H32N2/c1-12-4-7-15(8-5-12)18(3)11-14-10-13(2)6-9-16(14)17/h12-16H,4-11,17H2,1-3H3. The SMILES string of the molecule is CC1CCC(N(C)CC2CC(C)CCC2N)CC1. The summed E-state index contributed by atoms with van der Waals surface area (Å²) in [6.07, 6.45) is 9.55. The highest BCUT2D eigenvalue weighted by Gasteiger charge is 2.29. The summed E-state index contributed by atoms with van der Waals surface area (Å²) in [4.78, 5) is 2.62. The summed E-state index contributed by atoms with van der Waals surface area (Å²) in [7, 11) is 2.33. The topological polar surface area (TPSA) is 29.3 Å². The zero-order chi connectivity index (χ0) is 13.1. The first kappa shape index (κ1) is 14.3. The summed E-state index contributed by atoms with van der Waals surface area (Å²) in [5, 5.41) is 0. The molecule has 18 heavy (non-hydrogen) atoms. The third kappa shape index (κ3) is 3.71. The molecule has 0 aliphatic heterocycles. The summed E-state index contributed by atoms with van der Waals surface area (Å²) >= 11 is 0. The van der Waals surface area contributed by atoms with Gasteiger partial charge in [0.2, 0.25) is 0 Å². The summed E-state index contributed by atoms with van der Waals surface area (Å²) < 4.78 is 0. The van der Waals surface area contributed by atoms with E-state index in [9.17, 15) is 0 Å². The van der Waals surface area contributed by atoms with Gasteiger partial charge in [0.25, 0.3) is 0 Å². The molecule has 0 aromatic heterocycles. The van der Waals surface area contributed by atoms with Crippen LogP contribution in [0.2, 0.25) is 0 Å². The van der Waals surface area contributed by atoms with Crippen molar-refractivity contribution in [3.63, 3.8) is 0 Å². The first-order chi connectivity index (χ1) is 8.56. The van der Waals surface area contributed by atoms with Gasteiger partial charge in [0.15, 0.2) is 0 Å². The lowest BCUT2D eigenvalue weighted by atomic mass is 9.78. The van der Waals surface area contributed by atoms with Crippen molar-refractivity contribution in [3.05, 3.63) is 0 Å². The molecule has 2 saturated carbocycles. The Bertz CT molecular complexity index is 245. The number of hydrogen-bond acceptors (Lipinski definition) is 2. The van der Waals surface area contributed by atoms with E-state index in [1.54, 1.807) is 0 Å². The third-order valence-electron chi connectivity index (χ3n) is 5.43. The monoisotopic (exact) mass is 252 g/mol. The highest BCUT2D eigenvalue weighted by molar-refractivity contribution is 4.85. The first-order valence-electron chi connectivity index (χ1n) is 8.02. The Morgan fingerprint density at radius 3 is 2.22 bits per heavy atom. The van der Waals surface area contributed by atoms with Gasteiger partial charge in [-0.25, -0.2) is 0 Å². The Labute approximate surface area is 113 Å². The van der Waals surface area contributed by atoms with Gasteiger partial charge in [0.05, 0.1) is 0 Å². The maximum absolute atomic E-state index is 6.31. The highest BCUT2D eigenvalue weighted by atomic mass is 15.1. The molecule has 106 valence electrons. The molecule has 2 N–H and O–H groups in total. The van der Waals surface area contributed by atoms with Crippen molar-refractivity contribution < 1.29 is 0 Å². The van der Waals surface area contributed by atoms with Gasteiger partial charge in [0.1, 0.15) is 0 Å². The van der Waals surface area contributed by atoms with Gasteiger partial charge in [-0.05, 0) is 69.7 Å². The van der Waals surface area contributed by atoms with Crippen molar-refractivity contribution >= 4 is 0 Å². The number of nitrogens with zero attached hydrogens (tertiary/aromatic N) is 1. The smallest absolute Gasteiger partial charge is 0.00925 e. The largest absolute Gasteiger partial charge is 0.327 e. The Morgan fingerprint density at radius 1 is 0.944 bits per heavy atom. The Balaban J connectivity index is 1.80. The van der Waals surface area contributed by atoms with Crippen LogP contribution in [0.3, 0.4) is 0 Å². The van der Waals surface area contributed by atoms with E-state index in [4.69, 9.17) is 5.73 Å². The van der Waals surface area contributed by atoms with Crippen LogP contribution in [0.15, 0.2) is 0 Å². The van der Waals surface area contributed by atoms with Crippen LogP contribution in [0.4, 0.5) is 0 Å². The predicted octanol–water partition coefficient (Wildman–Crippen LogP) is 3.26. The van der Waals surface area contributed by atoms with Crippen LogP contribution in [0.25, 0.3) is 0 Å². The second-order valence-corrected chi connectivity index (χ2v) is 7.20. The minimum atomic E-state index is 0.450. The molecular formula is C16H32N2. The van der Waals surface area contributed by atoms with Crippen molar-refractivity contribution in [1.29, 1.82) is 0 Å². The molecule has 2 fully saturated rings. The number of nitrogens with two attached hydrogens (primary N) is 1. The molecule has 3 atom stereocenters. The molecule has 2 heteroatoms. The molecule has 0 radical (unpaired) electrons. The molecule has 0 spiro atoms. The van der Waals surface area contributed by atoms with Crippen molar-refractivity contribution in [2.45, 2.75) is 70.9 Å². The molecule has 0 amide bonds. The minimum Gasteiger partial charge on any atom is -0.327 e. The van der Waals surface area contributed by atoms with Crippen molar-refractivity contribution in [2.75, 3.05) is 13.6 Å². The third-order valence-corrected chi connectivity index (χ3v) is 5.43. The van der Waals surface area contributed by atoms with E-state index < -0.39 is 0 Å². The molecule has 2 aliphatic carbocycles. The van der Waals surface area contributed by atoms with Crippen LogP contribution in [0.1, 0.15) is 58.8 Å². The minimum absolute atomic E-state index is 0.450. The second-order valence-electron chi connectivity index (χ2n) is 7.20. The van der Waals surface area contributed by atoms with E-state index in [2.05, 4.69) is 25.8 Å².